The number of nitrogens with one attached hydrogen (secondary N) is 1. The van der Waals surface area contributed by atoms with Crippen LogP contribution in [0.2, 0.25) is 0 Å². The van der Waals surface area contributed by atoms with Crippen molar-refractivity contribution in [3.05, 3.63) is 82.7 Å². The van der Waals surface area contributed by atoms with Crippen molar-refractivity contribution in [3.8, 4) is 10.4 Å². The van der Waals surface area contributed by atoms with Gasteiger partial charge in [-0.25, -0.2) is 9.97 Å². The molecule has 0 aliphatic heterocycles. The summed E-state index contributed by atoms with van der Waals surface area (Å²) >= 11 is 1.55. The quantitative estimate of drug-likeness (QED) is 0.381. The van der Waals surface area contributed by atoms with Crippen LogP contribution >= 0.6 is 11.3 Å². The SMILES string of the molecule is O=[N+]([O-])c1ccc(-c2cc3c(NCCc4ccccc4)ncnc3s2)cc1. The van der Waals surface area contributed by atoms with Crippen molar-refractivity contribution in [2.45, 2.75) is 6.42 Å². The average molecular weight is 376 g/mol. The maximum Gasteiger partial charge on any atom is 0.269 e. The maximum atomic E-state index is 10.8. The Balaban J connectivity index is 1.55. The van der Waals surface area contributed by atoms with Crippen molar-refractivity contribution >= 4 is 33.1 Å². The standard InChI is InChI=1S/C20H16N4O2S/c25-24(26)16-8-6-15(7-9-16)18-12-17-19(22-13-23-20(17)27-18)21-11-10-14-4-2-1-3-5-14/h1-9,12-13H,10-11H2,(H,21,22,23). The van der Waals surface area contributed by atoms with Crippen molar-refractivity contribution < 1.29 is 4.92 Å². The molecule has 0 aliphatic carbocycles. The predicted molar refractivity (Wildman–Crippen MR) is 108 cm³/mol. The molecule has 27 heavy (non-hydrogen) atoms. The van der Waals surface area contributed by atoms with Crippen molar-refractivity contribution in [3.63, 3.8) is 0 Å². The smallest absolute Gasteiger partial charge is 0.269 e. The van der Waals surface area contributed by atoms with Crippen LogP contribution in [0, 0.1) is 10.1 Å². The van der Waals surface area contributed by atoms with E-state index < -0.39 is 4.92 Å². The van der Waals surface area contributed by atoms with Gasteiger partial charge in [-0.05, 0) is 35.7 Å². The lowest BCUT2D eigenvalue weighted by molar-refractivity contribution is -0.384. The van der Waals surface area contributed by atoms with Crippen LogP contribution in [0.5, 0.6) is 0 Å². The zero-order valence-electron chi connectivity index (χ0n) is 14.3. The molecule has 0 radical (unpaired) electrons. The van der Waals surface area contributed by atoms with E-state index in [2.05, 4.69) is 27.4 Å². The van der Waals surface area contributed by atoms with Gasteiger partial charge in [-0.3, -0.25) is 10.1 Å². The van der Waals surface area contributed by atoms with Crippen molar-refractivity contribution in [1.29, 1.82) is 0 Å². The van der Waals surface area contributed by atoms with Gasteiger partial charge < -0.3 is 5.32 Å². The molecule has 1 N–H and O–H groups in total. The lowest BCUT2D eigenvalue weighted by Gasteiger charge is -2.06. The summed E-state index contributed by atoms with van der Waals surface area (Å²) < 4.78 is 0. The van der Waals surface area contributed by atoms with Gasteiger partial charge in [0.2, 0.25) is 0 Å². The summed E-state index contributed by atoms with van der Waals surface area (Å²) in [6.07, 6.45) is 2.47. The van der Waals surface area contributed by atoms with Gasteiger partial charge in [-0.1, -0.05) is 30.3 Å². The number of hydrogen-bond donors (Lipinski definition) is 1. The molecule has 2 heterocycles. The summed E-state index contributed by atoms with van der Waals surface area (Å²) in [6.45, 7) is 0.777. The molecule has 6 nitrogen and oxygen atoms in total. The Bertz CT molecular complexity index is 1080. The molecule has 4 rings (SSSR count). The van der Waals surface area contributed by atoms with E-state index in [0.717, 1.165) is 39.4 Å². The van der Waals surface area contributed by atoms with Crippen LogP contribution in [0.3, 0.4) is 0 Å². The second kappa shape index (κ2) is 7.51. The Kier molecular flexibility index (Phi) is 4.76. The number of thiophene rings is 1. The van der Waals surface area contributed by atoms with E-state index in [4.69, 9.17) is 0 Å². The second-order valence-electron chi connectivity index (χ2n) is 6.02. The van der Waals surface area contributed by atoms with Crippen LogP contribution in [0.4, 0.5) is 11.5 Å². The van der Waals surface area contributed by atoms with E-state index in [0.29, 0.717) is 0 Å². The zero-order valence-corrected chi connectivity index (χ0v) is 15.1. The fraction of sp³-hybridized carbons (Fsp3) is 0.100. The van der Waals surface area contributed by atoms with Crippen LogP contribution in [0.15, 0.2) is 67.0 Å². The number of hydrogen-bond acceptors (Lipinski definition) is 6. The molecule has 0 amide bonds. The van der Waals surface area contributed by atoms with Crippen LogP contribution in [-0.2, 0) is 6.42 Å². The van der Waals surface area contributed by atoms with Crippen molar-refractivity contribution in [1.82, 2.24) is 9.97 Å². The first-order chi connectivity index (χ1) is 13.2. The van der Waals surface area contributed by atoms with Gasteiger partial charge in [-0.15, -0.1) is 11.3 Å². The van der Waals surface area contributed by atoms with E-state index in [1.165, 1.54) is 17.7 Å². The third kappa shape index (κ3) is 3.78. The first-order valence-electron chi connectivity index (χ1n) is 8.48. The van der Waals surface area contributed by atoms with Crippen molar-refractivity contribution in [2.75, 3.05) is 11.9 Å². The average Bonchev–Trinajstić information content (AvgIpc) is 3.14. The fourth-order valence-corrected chi connectivity index (χ4v) is 3.86. The summed E-state index contributed by atoms with van der Waals surface area (Å²) in [4.78, 5) is 21.1. The van der Waals surface area contributed by atoms with E-state index in [1.807, 2.05) is 24.3 Å². The van der Waals surface area contributed by atoms with Gasteiger partial charge in [0.05, 0.1) is 10.3 Å². The van der Waals surface area contributed by atoms with Crippen LogP contribution in [0.1, 0.15) is 5.56 Å². The van der Waals surface area contributed by atoms with Crippen LogP contribution in [0.25, 0.3) is 20.7 Å². The number of non-ortho nitro benzene ring substituents is 1. The second-order valence-corrected chi connectivity index (χ2v) is 7.05. The molecule has 0 saturated heterocycles. The first-order valence-corrected chi connectivity index (χ1v) is 9.29. The summed E-state index contributed by atoms with van der Waals surface area (Å²) in [5.74, 6) is 0.806. The molecular formula is C20H16N4O2S. The van der Waals surface area contributed by atoms with Crippen LogP contribution < -0.4 is 5.32 Å². The minimum absolute atomic E-state index is 0.0860. The van der Waals surface area contributed by atoms with E-state index in [9.17, 15) is 10.1 Å². The molecule has 0 atom stereocenters. The first kappa shape index (κ1) is 17.1. The minimum atomic E-state index is -0.394. The third-order valence-corrected chi connectivity index (χ3v) is 5.33. The van der Waals surface area contributed by atoms with Gasteiger partial charge >= 0.3 is 0 Å². The third-order valence-electron chi connectivity index (χ3n) is 4.24. The van der Waals surface area contributed by atoms with E-state index in [-0.39, 0.29) is 5.69 Å². The molecule has 0 unspecified atom stereocenters. The fourth-order valence-electron chi connectivity index (χ4n) is 2.86. The van der Waals surface area contributed by atoms with Gasteiger partial charge in [0.1, 0.15) is 17.0 Å². The number of rotatable bonds is 6. The number of nitro groups is 1. The Morgan fingerprint density at radius 2 is 1.81 bits per heavy atom. The largest absolute Gasteiger partial charge is 0.369 e. The lowest BCUT2D eigenvalue weighted by Crippen LogP contribution is -2.06. The Labute approximate surface area is 159 Å². The molecule has 0 fully saturated rings. The zero-order chi connectivity index (χ0) is 18.6. The number of benzene rings is 2. The van der Waals surface area contributed by atoms with E-state index >= 15 is 0 Å². The lowest BCUT2D eigenvalue weighted by atomic mass is 10.1. The monoisotopic (exact) mass is 376 g/mol. The Morgan fingerprint density at radius 1 is 1.04 bits per heavy atom. The summed E-state index contributed by atoms with van der Waals surface area (Å²) in [5, 5.41) is 15.2. The molecule has 2 aromatic carbocycles. The predicted octanol–water partition coefficient (Wildman–Crippen LogP) is 4.92. The van der Waals surface area contributed by atoms with Gasteiger partial charge in [-0.2, -0.15) is 0 Å². The highest BCUT2D eigenvalue weighted by molar-refractivity contribution is 7.21. The summed E-state index contributed by atoms with van der Waals surface area (Å²) in [7, 11) is 0. The number of fused-ring (bicyclic) bond motifs is 1. The number of aromatic nitrogens is 2. The molecule has 134 valence electrons. The summed E-state index contributed by atoms with van der Waals surface area (Å²) in [6, 6.07) is 18.9. The highest BCUT2D eigenvalue weighted by Crippen LogP contribution is 2.35. The molecule has 2 aromatic heterocycles. The topological polar surface area (TPSA) is 81.0 Å². The maximum absolute atomic E-state index is 10.8. The number of nitro benzene ring substituents is 1. The van der Waals surface area contributed by atoms with Gasteiger partial charge in [0.25, 0.3) is 5.69 Å². The highest BCUT2D eigenvalue weighted by atomic mass is 32.1. The molecule has 7 heteroatoms. The van der Waals surface area contributed by atoms with Crippen molar-refractivity contribution in [2.24, 2.45) is 0 Å². The van der Waals surface area contributed by atoms with Crippen LogP contribution in [-0.4, -0.2) is 21.4 Å². The number of nitrogens with zero attached hydrogens (tertiary/aromatic N) is 3. The molecule has 0 saturated carbocycles. The summed E-state index contributed by atoms with van der Waals surface area (Å²) in [5.41, 5.74) is 2.29. The molecule has 0 spiro atoms. The highest BCUT2D eigenvalue weighted by Gasteiger charge is 2.11. The molecule has 0 bridgehead atoms. The normalized spacial score (nSPS) is 10.8. The number of anilines is 1. The molecule has 0 aliphatic rings. The Morgan fingerprint density at radius 3 is 2.56 bits per heavy atom. The molecule has 4 aromatic rings. The Hall–Kier alpha value is -3.32. The molecular weight excluding hydrogens is 360 g/mol. The van der Waals surface area contributed by atoms with Gasteiger partial charge in [0, 0.05) is 23.6 Å². The minimum Gasteiger partial charge on any atom is -0.369 e. The van der Waals surface area contributed by atoms with E-state index in [1.54, 1.807) is 29.8 Å². The van der Waals surface area contributed by atoms with Gasteiger partial charge in [0.15, 0.2) is 0 Å².